The fourth-order valence-corrected chi connectivity index (χ4v) is 2.29. The van der Waals surface area contributed by atoms with E-state index in [9.17, 15) is 18.3 Å². The van der Waals surface area contributed by atoms with Gasteiger partial charge < -0.3 is 10.4 Å². The maximum atomic E-state index is 12.6. The van der Waals surface area contributed by atoms with Gasteiger partial charge in [0.25, 0.3) is 0 Å². The molecule has 1 aromatic carbocycles. The fourth-order valence-electron chi connectivity index (χ4n) is 2.12. The van der Waals surface area contributed by atoms with Gasteiger partial charge in [0, 0.05) is 0 Å². The van der Waals surface area contributed by atoms with E-state index in [4.69, 9.17) is 11.6 Å². The minimum absolute atomic E-state index is 0.220. The van der Waals surface area contributed by atoms with E-state index in [-0.39, 0.29) is 16.8 Å². The summed E-state index contributed by atoms with van der Waals surface area (Å²) in [4.78, 5) is 0. The molecule has 2 N–H and O–H groups in total. The molecule has 0 heterocycles. The van der Waals surface area contributed by atoms with Crippen LogP contribution in [0.5, 0.6) is 0 Å². The Kier molecular flexibility index (Phi) is 3.73. The van der Waals surface area contributed by atoms with Crippen LogP contribution < -0.4 is 5.32 Å². The second-order valence-corrected chi connectivity index (χ2v) is 4.85. The van der Waals surface area contributed by atoms with Crippen molar-refractivity contribution in [3.63, 3.8) is 0 Å². The molecule has 0 aromatic heterocycles. The van der Waals surface area contributed by atoms with Gasteiger partial charge in [-0.15, -0.1) is 0 Å². The third-order valence-electron chi connectivity index (χ3n) is 3.11. The Morgan fingerprint density at radius 2 is 2.00 bits per heavy atom. The lowest BCUT2D eigenvalue weighted by atomic mass is 10.1. The predicted octanol–water partition coefficient (Wildman–Crippen LogP) is 3.68. The molecule has 6 heteroatoms. The summed E-state index contributed by atoms with van der Waals surface area (Å²) < 4.78 is 37.7. The highest BCUT2D eigenvalue weighted by atomic mass is 35.5. The molecule has 1 aromatic rings. The summed E-state index contributed by atoms with van der Waals surface area (Å²) >= 11 is 5.86. The van der Waals surface area contributed by atoms with Gasteiger partial charge in [0.1, 0.15) is 0 Å². The van der Waals surface area contributed by atoms with Gasteiger partial charge in [0.15, 0.2) is 0 Å². The van der Waals surface area contributed by atoms with E-state index in [2.05, 4.69) is 5.32 Å². The number of aliphatic hydroxyl groups excluding tert-OH is 1. The first-order valence-corrected chi connectivity index (χ1v) is 6.07. The summed E-state index contributed by atoms with van der Waals surface area (Å²) in [5, 5.41) is 12.8. The Morgan fingerprint density at radius 1 is 1.28 bits per heavy atom. The first-order valence-electron chi connectivity index (χ1n) is 5.69. The minimum Gasteiger partial charge on any atom is -0.391 e. The quantitative estimate of drug-likeness (QED) is 0.865. The van der Waals surface area contributed by atoms with Crippen LogP contribution in [0.3, 0.4) is 0 Å². The molecule has 0 aliphatic heterocycles. The highest BCUT2D eigenvalue weighted by Gasteiger charge is 2.32. The molecule has 100 valence electrons. The standard InChI is InChI=1S/C12H13ClF3NO/c13-8-5-4-7(12(14,15)16)6-10(8)17-9-2-1-3-11(9)18/h4-6,9,11,17-18H,1-3H2. The number of benzene rings is 1. The van der Waals surface area contributed by atoms with Crippen LogP contribution in [0.1, 0.15) is 24.8 Å². The van der Waals surface area contributed by atoms with Crippen molar-refractivity contribution < 1.29 is 18.3 Å². The summed E-state index contributed by atoms with van der Waals surface area (Å²) in [7, 11) is 0. The van der Waals surface area contributed by atoms with Gasteiger partial charge in [-0.3, -0.25) is 0 Å². The first kappa shape index (κ1) is 13.5. The zero-order valence-corrected chi connectivity index (χ0v) is 10.2. The number of aliphatic hydroxyl groups is 1. The van der Waals surface area contributed by atoms with E-state index in [1.807, 2.05) is 0 Å². The predicted molar refractivity (Wildman–Crippen MR) is 63.7 cm³/mol. The van der Waals surface area contributed by atoms with Crippen LogP contribution in [0.4, 0.5) is 18.9 Å². The number of hydrogen-bond acceptors (Lipinski definition) is 2. The number of halogens is 4. The fraction of sp³-hybridized carbons (Fsp3) is 0.500. The van der Waals surface area contributed by atoms with Crippen molar-refractivity contribution in [1.29, 1.82) is 0 Å². The highest BCUT2D eigenvalue weighted by Crippen LogP contribution is 2.35. The van der Waals surface area contributed by atoms with Crippen molar-refractivity contribution in [3.05, 3.63) is 28.8 Å². The molecule has 0 saturated heterocycles. The molecule has 1 fully saturated rings. The molecular weight excluding hydrogens is 267 g/mol. The summed E-state index contributed by atoms with van der Waals surface area (Å²) in [6, 6.07) is 2.91. The van der Waals surface area contributed by atoms with Gasteiger partial charge >= 0.3 is 6.18 Å². The second-order valence-electron chi connectivity index (χ2n) is 4.44. The van der Waals surface area contributed by atoms with Crippen LogP contribution in [0.25, 0.3) is 0 Å². The number of anilines is 1. The van der Waals surface area contributed by atoms with Gasteiger partial charge in [-0.1, -0.05) is 11.6 Å². The summed E-state index contributed by atoms with van der Waals surface area (Å²) in [5.74, 6) is 0. The summed E-state index contributed by atoms with van der Waals surface area (Å²) in [6.45, 7) is 0. The molecule has 0 bridgehead atoms. The molecule has 2 rings (SSSR count). The maximum Gasteiger partial charge on any atom is 0.416 e. The molecule has 1 saturated carbocycles. The monoisotopic (exact) mass is 279 g/mol. The molecular formula is C12H13ClF3NO. The van der Waals surface area contributed by atoms with Gasteiger partial charge in [-0.05, 0) is 37.5 Å². The van der Waals surface area contributed by atoms with Crippen molar-refractivity contribution in [2.24, 2.45) is 0 Å². The number of alkyl halides is 3. The number of rotatable bonds is 2. The zero-order valence-electron chi connectivity index (χ0n) is 9.47. The maximum absolute atomic E-state index is 12.6. The molecule has 2 unspecified atom stereocenters. The lowest BCUT2D eigenvalue weighted by Crippen LogP contribution is -2.28. The van der Waals surface area contributed by atoms with Crippen LogP contribution >= 0.6 is 11.6 Å². The second kappa shape index (κ2) is 4.97. The Labute approximate surface area is 108 Å². The van der Waals surface area contributed by atoms with Crippen LogP contribution in [0.15, 0.2) is 18.2 Å². The molecule has 1 aliphatic carbocycles. The first-order chi connectivity index (χ1) is 8.38. The van der Waals surface area contributed by atoms with Crippen LogP contribution in [0, 0.1) is 0 Å². The Hall–Kier alpha value is -0.940. The van der Waals surface area contributed by atoms with Gasteiger partial charge in [0.05, 0.1) is 28.4 Å². The Morgan fingerprint density at radius 3 is 2.56 bits per heavy atom. The van der Waals surface area contributed by atoms with Crippen LogP contribution in [-0.4, -0.2) is 17.3 Å². The molecule has 0 radical (unpaired) electrons. The molecule has 18 heavy (non-hydrogen) atoms. The van der Waals surface area contributed by atoms with E-state index >= 15 is 0 Å². The van der Waals surface area contributed by atoms with E-state index in [0.29, 0.717) is 6.42 Å². The van der Waals surface area contributed by atoms with E-state index in [0.717, 1.165) is 25.0 Å². The average molecular weight is 280 g/mol. The van der Waals surface area contributed by atoms with Crippen molar-refractivity contribution in [1.82, 2.24) is 0 Å². The van der Waals surface area contributed by atoms with Gasteiger partial charge in [-0.25, -0.2) is 0 Å². The molecule has 1 aliphatic rings. The topological polar surface area (TPSA) is 32.3 Å². The average Bonchev–Trinajstić information content (AvgIpc) is 2.66. The Bertz CT molecular complexity index is 436. The van der Waals surface area contributed by atoms with E-state index in [1.165, 1.54) is 6.07 Å². The molecule has 0 spiro atoms. The van der Waals surface area contributed by atoms with Crippen molar-refractivity contribution >= 4 is 17.3 Å². The third kappa shape index (κ3) is 2.90. The summed E-state index contributed by atoms with van der Waals surface area (Å²) in [5.41, 5.74) is -0.528. The highest BCUT2D eigenvalue weighted by molar-refractivity contribution is 6.33. The normalized spacial score (nSPS) is 24.3. The zero-order chi connectivity index (χ0) is 13.3. The van der Waals surface area contributed by atoms with Crippen LogP contribution in [-0.2, 0) is 6.18 Å². The smallest absolute Gasteiger partial charge is 0.391 e. The number of hydrogen-bond donors (Lipinski definition) is 2. The molecule has 2 nitrogen and oxygen atoms in total. The van der Waals surface area contributed by atoms with Gasteiger partial charge in [-0.2, -0.15) is 13.2 Å². The van der Waals surface area contributed by atoms with E-state index < -0.39 is 17.8 Å². The lowest BCUT2D eigenvalue weighted by molar-refractivity contribution is -0.137. The van der Waals surface area contributed by atoms with Crippen LogP contribution in [0.2, 0.25) is 5.02 Å². The van der Waals surface area contributed by atoms with Crippen molar-refractivity contribution in [2.75, 3.05) is 5.32 Å². The SMILES string of the molecule is OC1CCCC1Nc1cc(C(F)(F)F)ccc1Cl. The van der Waals surface area contributed by atoms with Gasteiger partial charge in [0.2, 0.25) is 0 Å². The largest absolute Gasteiger partial charge is 0.416 e. The van der Waals surface area contributed by atoms with Crippen molar-refractivity contribution in [3.8, 4) is 0 Å². The Balaban J connectivity index is 2.21. The lowest BCUT2D eigenvalue weighted by Gasteiger charge is -2.19. The van der Waals surface area contributed by atoms with E-state index in [1.54, 1.807) is 0 Å². The molecule has 2 atom stereocenters. The minimum atomic E-state index is -4.39. The number of nitrogens with one attached hydrogen (secondary N) is 1. The molecule has 0 amide bonds. The third-order valence-corrected chi connectivity index (χ3v) is 3.44. The van der Waals surface area contributed by atoms with Crippen molar-refractivity contribution in [2.45, 2.75) is 37.6 Å². The summed E-state index contributed by atoms with van der Waals surface area (Å²) in [6.07, 6.45) is -2.68.